The fourth-order valence-corrected chi connectivity index (χ4v) is 2.92. The van der Waals surface area contributed by atoms with Crippen molar-refractivity contribution < 1.29 is 39.6 Å². The molecule has 1 aromatic rings. The first kappa shape index (κ1) is 17.9. The molecule has 0 aromatic carbocycles. The van der Waals surface area contributed by atoms with Crippen LogP contribution in [0.15, 0.2) is 0 Å². The van der Waals surface area contributed by atoms with E-state index < -0.39 is 48.3 Å². The van der Waals surface area contributed by atoms with E-state index in [2.05, 4.69) is 0 Å². The molecule has 10 nitrogen and oxygen atoms in total. The second-order valence-electron chi connectivity index (χ2n) is 4.22. The van der Waals surface area contributed by atoms with Gasteiger partial charge in [0.1, 0.15) is 29.0 Å². The Labute approximate surface area is 132 Å². The van der Waals surface area contributed by atoms with E-state index in [1.807, 2.05) is 0 Å². The molecular formula is C12H10N2O8S. The third-order valence-corrected chi connectivity index (χ3v) is 3.84. The van der Waals surface area contributed by atoms with E-state index in [1.54, 1.807) is 6.07 Å². The van der Waals surface area contributed by atoms with E-state index >= 15 is 0 Å². The van der Waals surface area contributed by atoms with Crippen LogP contribution < -0.4 is 4.90 Å². The first-order valence-electron chi connectivity index (χ1n) is 5.86. The summed E-state index contributed by atoms with van der Waals surface area (Å²) in [5, 5.41) is 44.6. The van der Waals surface area contributed by atoms with Crippen LogP contribution in [0, 0.1) is 11.3 Å². The lowest BCUT2D eigenvalue weighted by Crippen LogP contribution is -2.34. The summed E-state index contributed by atoms with van der Waals surface area (Å²) in [7, 11) is 0. The Morgan fingerprint density at radius 1 is 1.00 bits per heavy atom. The van der Waals surface area contributed by atoms with Crippen molar-refractivity contribution in [3.8, 4) is 6.07 Å². The van der Waals surface area contributed by atoms with Gasteiger partial charge in [-0.25, -0.2) is 4.79 Å². The number of hydrogen-bond acceptors (Lipinski definition) is 7. The van der Waals surface area contributed by atoms with Crippen LogP contribution >= 0.6 is 11.3 Å². The summed E-state index contributed by atoms with van der Waals surface area (Å²) >= 11 is 0.467. The third kappa shape index (κ3) is 4.42. The molecule has 1 heterocycles. The molecule has 0 amide bonds. The summed E-state index contributed by atoms with van der Waals surface area (Å²) < 4.78 is 0. The summed E-state index contributed by atoms with van der Waals surface area (Å²) in [6.45, 7) is -1.57. The van der Waals surface area contributed by atoms with Crippen molar-refractivity contribution >= 4 is 40.2 Å². The number of carboxylic acids is 4. The zero-order valence-electron chi connectivity index (χ0n) is 11.3. The Morgan fingerprint density at radius 3 is 1.87 bits per heavy atom. The van der Waals surface area contributed by atoms with E-state index in [1.165, 1.54) is 0 Å². The standard InChI is InChI=1S/C12H10N2O8S/c13-2-6-5(1-7(15)16)10(12(21)22)23-11(6)14(3-8(17)18)4-9(19)20/h1,3-4H2,(H,15,16)(H,17,18)(H,19,20)(H,21,22)/i3+1,4+1,8+1,9+1. The lowest BCUT2D eigenvalue weighted by atomic mass is 10.1. The molecule has 1 rings (SSSR count). The topological polar surface area (TPSA) is 176 Å². The molecule has 0 bridgehead atoms. The van der Waals surface area contributed by atoms with Gasteiger partial charge in [-0.2, -0.15) is 5.26 Å². The molecule has 0 fully saturated rings. The summed E-state index contributed by atoms with van der Waals surface area (Å²) in [5.74, 6) is -5.64. The third-order valence-electron chi connectivity index (χ3n) is 2.56. The van der Waals surface area contributed by atoms with E-state index in [0.717, 1.165) is 4.90 Å². The number of carbonyl (C=O) groups is 4. The van der Waals surface area contributed by atoms with Crippen molar-refractivity contribution in [1.29, 1.82) is 5.26 Å². The molecule has 23 heavy (non-hydrogen) atoms. The number of aromatic carboxylic acids is 1. The van der Waals surface area contributed by atoms with Crippen molar-refractivity contribution in [3.63, 3.8) is 0 Å². The normalized spacial score (nSPS) is 9.87. The highest BCUT2D eigenvalue weighted by Gasteiger charge is 2.28. The van der Waals surface area contributed by atoms with E-state index in [0.29, 0.717) is 11.3 Å². The lowest BCUT2D eigenvalue weighted by molar-refractivity contribution is -0.137. The number of anilines is 1. The van der Waals surface area contributed by atoms with Crippen molar-refractivity contribution in [2.75, 3.05) is 18.0 Å². The molecule has 0 atom stereocenters. The van der Waals surface area contributed by atoms with Gasteiger partial charge in [0.15, 0.2) is 0 Å². The van der Waals surface area contributed by atoms with Gasteiger partial charge in [-0.05, 0) is 0 Å². The monoisotopic (exact) mass is 346 g/mol. The summed E-state index contributed by atoms with van der Waals surface area (Å²) in [6, 6.07) is 1.63. The van der Waals surface area contributed by atoms with Gasteiger partial charge in [0.2, 0.25) is 0 Å². The van der Waals surface area contributed by atoms with Crippen LogP contribution in [-0.2, 0) is 20.8 Å². The number of aliphatic carboxylic acids is 3. The minimum Gasteiger partial charge on any atom is -0.481 e. The maximum Gasteiger partial charge on any atom is 0.346 e. The summed E-state index contributed by atoms with van der Waals surface area (Å²) in [4.78, 5) is 44.1. The van der Waals surface area contributed by atoms with Gasteiger partial charge in [-0.3, -0.25) is 14.4 Å². The van der Waals surface area contributed by atoms with Gasteiger partial charge >= 0.3 is 23.9 Å². The molecule has 0 unspecified atom stereocenters. The molecule has 4 N–H and O–H groups in total. The Hall–Kier alpha value is -3.13. The van der Waals surface area contributed by atoms with Gasteiger partial charge in [-0.15, -0.1) is 11.3 Å². The zero-order valence-corrected chi connectivity index (χ0v) is 12.2. The molecule has 0 radical (unpaired) electrons. The minimum absolute atomic E-state index is 0.203. The van der Waals surface area contributed by atoms with Gasteiger partial charge in [0.25, 0.3) is 0 Å². The summed E-state index contributed by atoms with van der Waals surface area (Å²) in [5.41, 5.74) is -0.634. The fraction of sp³-hybridized carbons (Fsp3) is 0.250. The number of rotatable bonds is 8. The quantitative estimate of drug-likeness (QED) is 0.465. The van der Waals surface area contributed by atoms with Crippen LogP contribution in [0.1, 0.15) is 20.8 Å². The predicted octanol–water partition coefficient (Wildman–Crippen LogP) is -0.0793. The molecule has 0 aliphatic heterocycles. The van der Waals surface area contributed by atoms with Crippen LogP contribution in [0.5, 0.6) is 0 Å². The lowest BCUT2D eigenvalue weighted by Gasteiger charge is -2.19. The highest BCUT2D eigenvalue weighted by atomic mass is 32.1. The maximum absolute atomic E-state index is 11.2. The van der Waals surface area contributed by atoms with Crippen LogP contribution in [0.3, 0.4) is 0 Å². The van der Waals surface area contributed by atoms with E-state index in [4.69, 9.17) is 20.4 Å². The summed E-state index contributed by atoms with van der Waals surface area (Å²) in [6.07, 6.45) is -0.755. The highest BCUT2D eigenvalue weighted by molar-refractivity contribution is 7.18. The van der Waals surface area contributed by atoms with Gasteiger partial charge in [-0.1, -0.05) is 0 Å². The van der Waals surface area contributed by atoms with Gasteiger partial charge < -0.3 is 25.3 Å². The SMILES string of the molecule is N#Cc1c(N([13CH2][13C](=O)O)[13CH2][13C](=O)O)sc(C(=O)O)c1CC(=O)O. The number of nitriles is 1. The van der Waals surface area contributed by atoms with Crippen molar-refractivity contribution in [2.24, 2.45) is 0 Å². The van der Waals surface area contributed by atoms with Gasteiger partial charge in [0.05, 0.1) is 12.0 Å². The second-order valence-corrected chi connectivity index (χ2v) is 5.22. The largest absolute Gasteiger partial charge is 0.481 e. The van der Waals surface area contributed by atoms with Crippen LogP contribution in [0.4, 0.5) is 5.00 Å². The van der Waals surface area contributed by atoms with Crippen LogP contribution in [-0.4, -0.2) is 57.4 Å². The molecular weight excluding hydrogens is 336 g/mol. The zero-order chi connectivity index (χ0) is 17.7. The molecule has 1 aromatic heterocycles. The molecule has 0 saturated heterocycles. The number of hydrogen-bond donors (Lipinski definition) is 4. The maximum atomic E-state index is 11.2. The average molecular weight is 346 g/mol. The van der Waals surface area contributed by atoms with Crippen LogP contribution in [0.25, 0.3) is 0 Å². The fourth-order valence-electron chi connectivity index (χ4n) is 1.81. The first-order valence-corrected chi connectivity index (χ1v) is 6.68. The molecule has 0 saturated carbocycles. The van der Waals surface area contributed by atoms with E-state index in [-0.39, 0.29) is 16.1 Å². The Kier molecular flexibility index (Phi) is 5.63. The average Bonchev–Trinajstić information content (AvgIpc) is 2.74. The number of thiophene rings is 1. The Bertz CT molecular complexity index is 701. The minimum atomic E-state index is -1.49. The van der Waals surface area contributed by atoms with E-state index in [9.17, 15) is 24.4 Å². The van der Waals surface area contributed by atoms with Crippen molar-refractivity contribution in [2.45, 2.75) is 6.42 Å². The number of carboxylic acid groups (broad SMARTS) is 4. The molecule has 122 valence electrons. The Morgan fingerprint density at radius 2 is 1.52 bits per heavy atom. The molecule has 0 spiro atoms. The van der Waals surface area contributed by atoms with Crippen LogP contribution in [0.2, 0.25) is 0 Å². The smallest absolute Gasteiger partial charge is 0.346 e. The highest BCUT2D eigenvalue weighted by Crippen LogP contribution is 2.36. The predicted molar refractivity (Wildman–Crippen MR) is 74.8 cm³/mol. The van der Waals surface area contributed by atoms with Gasteiger partial charge in [0, 0.05) is 5.56 Å². The molecule has 11 heteroatoms. The molecule has 0 aliphatic carbocycles. The van der Waals surface area contributed by atoms with Crippen molar-refractivity contribution in [3.05, 3.63) is 16.0 Å². The molecule has 0 aliphatic rings. The second kappa shape index (κ2) is 7.23. The first-order chi connectivity index (χ1) is 10.7. The number of nitrogens with zero attached hydrogens (tertiary/aromatic N) is 2. The Balaban J connectivity index is 3.51. The van der Waals surface area contributed by atoms with Crippen molar-refractivity contribution in [1.82, 2.24) is 0 Å².